The van der Waals surface area contributed by atoms with E-state index in [0.29, 0.717) is 18.4 Å². The van der Waals surface area contributed by atoms with Gasteiger partial charge in [-0.15, -0.1) is 0 Å². The zero-order chi connectivity index (χ0) is 26.2. The van der Waals surface area contributed by atoms with E-state index in [1.807, 2.05) is 47.1 Å². The third-order valence-corrected chi connectivity index (χ3v) is 8.30. The second kappa shape index (κ2) is 9.93. The van der Waals surface area contributed by atoms with Crippen molar-refractivity contribution in [3.63, 3.8) is 0 Å². The number of benzene rings is 3. The first-order valence-corrected chi connectivity index (χ1v) is 13.3. The number of nitrogens with zero attached hydrogens (tertiary/aromatic N) is 3. The average Bonchev–Trinajstić information content (AvgIpc) is 3.67. The molecule has 1 aromatic heterocycles. The van der Waals surface area contributed by atoms with Gasteiger partial charge in [0.05, 0.1) is 18.3 Å². The molecule has 3 aromatic carbocycles. The summed E-state index contributed by atoms with van der Waals surface area (Å²) in [6, 6.07) is 22.4. The van der Waals surface area contributed by atoms with Crippen LogP contribution in [0.1, 0.15) is 36.8 Å². The third-order valence-electron chi connectivity index (χ3n) is 8.30. The van der Waals surface area contributed by atoms with Gasteiger partial charge in [0.25, 0.3) is 0 Å². The number of amides is 1. The van der Waals surface area contributed by atoms with E-state index >= 15 is 0 Å². The number of hydrogen-bond acceptors (Lipinski definition) is 3. The molecule has 1 N–H and O–H groups in total. The lowest BCUT2D eigenvalue weighted by Crippen LogP contribution is -2.38. The molecule has 0 unspecified atom stereocenters. The van der Waals surface area contributed by atoms with Crippen LogP contribution >= 0.6 is 0 Å². The minimum absolute atomic E-state index is 0.0671. The van der Waals surface area contributed by atoms with Crippen molar-refractivity contribution in [2.45, 2.75) is 32.2 Å². The number of anilines is 1. The van der Waals surface area contributed by atoms with E-state index in [0.717, 1.165) is 57.8 Å². The van der Waals surface area contributed by atoms with Gasteiger partial charge in [0.15, 0.2) is 0 Å². The van der Waals surface area contributed by atoms with Gasteiger partial charge >= 0.3 is 5.97 Å². The number of fused-ring (bicyclic) bond motifs is 3. The van der Waals surface area contributed by atoms with Crippen LogP contribution in [0.25, 0.3) is 28.1 Å². The Labute approximate surface area is 222 Å². The maximum Gasteiger partial charge on any atom is 0.328 e. The zero-order valence-electron chi connectivity index (χ0n) is 21.5. The standard InChI is InChI=1S/C32H31N3O3/c1-34-30-13-12-25(18-27(30)19-33-34)24-9-5-22(6-10-24)20-35(32(38)29-17-23-7-11-26(29)15-23)28-4-2-3-21(16-28)8-14-31(36)37/h2-6,8-10,12-14,16,18-19,23,26,29H,7,11,15,17,20H2,1H3,(H,36,37)/b14-8+/t23-,26+,29-/m1/s1. The van der Waals surface area contributed by atoms with Crippen LogP contribution in [-0.2, 0) is 23.2 Å². The fourth-order valence-corrected chi connectivity index (χ4v) is 6.34. The Bertz CT molecular complexity index is 1540. The Hall–Kier alpha value is -4.19. The summed E-state index contributed by atoms with van der Waals surface area (Å²) in [5, 5.41) is 14.5. The molecule has 2 fully saturated rings. The summed E-state index contributed by atoms with van der Waals surface area (Å²) < 4.78 is 1.87. The quantitative estimate of drug-likeness (QED) is 0.299. The third kappa shape index (κ3) is 4.74. The molecule has 3 atom stereocenters. The Morgan fingerprint density at radius 2 is 1.84 bits per heavy atom. The number of carboxylic acids is 1. The van der Waals surface area contributed by atoms with Gasteiger partial charge in [-0.2, -0.15) is 5.10 Å². The Morgan fingerprint density at radius 1 is 1.03 bits per heavy atom. The first-order chi connectivity index (χ1) is 18.4. The highest BCUT2D eigenvalue weighted by molar-refractivity contribution is 5.96. The molecule has 6 nitrogen and oxygen atoms in total. The number of carbonyl (C=O) groups is 2. The molecule has 6 heteroatoms. The number of rotatable bonds is 7. The van der Waals surface area contributed by atoms with Crippen LogP contribution in [-0.4, -0.2) is 26.8 Å². The van der Waals surface area contributed by atoms with Gasteiger partial charge in [0.2, 0.25) is 5.91 Å². The van der Waals surface area contributed by atoms with Gasteiger partial charge in [-0.05, 0) is 83.7 Å². The zero-order valence-corrected chi connectivity index (χ0v) is 21.5. The number of aryl methyl sites for hydroxylation is 1. The fourth-order valence-electron chi connectivity index (χ4n) is 6.34. The summed E-state index contributed by atoms with van der Waals surface area (Å²) in [4.78, 5) is 26.9. The van der Waals surface area contributed by atoms with Crippen LogP contribution in [0, 0.1) is 17.8 Å². The number of carbonyl (C=O) groups excluding carboxylic acids is 1. The highest BCUT2D eigenvalue weighted by Gasteiger charge is 2.44. The van der Waals surface area contributed by atoms with Crippen molar-refractivity contribution in [3.05, 3.63) is 90.1 Å². The van der Waals surface area contributed by atoms with Crippen molar-refractivity contribution in [3.8, 4) is 11.1 Å². The average molecular weight is 506 g/mol. The number of aliphatic carboxylic acids is 1. The summed E-state index contributed by atoms with van der Waals surface area (Å²) in [7, 11) is 1.94. The van der Waals surface area contributed by atoms with Crippen molar-refractivity contribution in [1.29, 1.82) is 0 Å². The molecule has 0 radical (unpaired) electrons. The highest BCUT2D eigenvalue weighted by atomic mass is 16.4. The van der Waals surface area contributed by atoms with E-state index < -0.39 is 5.97 Å². The molecule has 38 heavy (non-hydrogen) atoms. The lowest BCUT2D eigenvalue weighted by atomic mass is 9.87. The molecule has 4 aromatic rings. The van der Waals surface area contributed by atoms with Crippen LogP contribution in [0.15, 0.2) is 79.0 Å². The summed E-state index contributed by atoms with van der Waals surface area (Å²) >= 11 is 0. The van der Waals surface area contributed by atoms with E-state index in [2.05, 4.69) is 47.6 Å². The molecular formula is C32H31N3O3. The molecule has 0 saturated heterocycles. The van der Waals surface area contributed by atoms with E-state index in [4.69, 9.17) is 5.11 Å². The lowest BCUT2D eigenvalue weighted by Gasteiger charge is -2.30. The van der Waals surface area contributed by atoms with Crippen molar-refractivity contribution < 1.29 is 14.7 Å². The Kier molecular flexibility index (Phi) is 6.32. The molecule has 2 saturated carbocycles. The Morgan fingerprint density at radius 3 is 2.58 bits per heavy atom. The molecular weight excluding hydrogens is 474 g/mol. The largest absolute Gasteiger partial charge is 0.478 e. The summed E-state index contributed by atoms with van der Waals surface area (Å²) in [6.07, 6.45) is 9.12. The van der Waals surface area contributed by atoms with E-state index in [1.54, 1.807) is 6.08 Å². The molecule has 2 aliphatic rings. The Balaban J connectivity index is 1.28. The van der Waals surface area contributed by atoms with Gasteiger partial charge in [-0.3, -0.25) is 9.48 Å². The second-order valence-electron chi connectivity index (χ2n) is 10.7. The molecule has 0 aliphatic heterocycles. The SMILES string of the molecule is Cn1ncc2cc(-c3ccc(CN(C(=O)[C@@H]4C[C@@H]5CC[C@H]4C5)c4cccc(/C=C/C(=O)O)c4)cc3)ccc21. The second-order valence-corrected chi connectivity index (χ2v) is 10.7. The fraction of sp³-hybridized carbons (Fsp3) is 0.281. The highest BCUT2D eigenvalue weighted by Crippen LogP contribution is 2.49. The smallest absolute Gasteiger partial charge is 0.328 e. The van der Waals surface area contributed by atoms with Gasteiger partial charge in [0, 0.05) is 30.1 Å². The monoisotopic (exact) mass is 505 g/mol. The van der Waals surface area contributed by atoms with Gasteiger partial charge in [-0.1, -0.05) is 48.9 Å². The van der Waals surface area contributed by atoms with E-state index in [-0.39, 0.29) is 11.8 Å². The summed E-state index contributed by atoms with van der Waals surface area (Å²) in [5.41, 5.74) is 5.96. The molecule has 1 heterocycles. The first-order valence-electron chi connectivity index (χ1n) is 13.3. The topological polar surface area (TPSA) is 75.4 Å². The lowest BCUT2D eigenvalue weighted by molar-refractivity contribution is -0.131. The van der Waals surface area contributed by atoms with Crippen LogP contribution < -0.4 is 4.90 Å². The van der Waals surface area contributed by atoms with Gasteiger partial charge in [0.1, 0.15) is 0 Å². The predicted octanol–water partition coefficient (Wildman–Crippen LogP) is 6.31. The normalized spacial score (nSPS) is 20.4. The van der Waals surface area contributed by atoms with Crippen LogP contribution in [0.2, 0.25) is 0 Å². The molecule has 1 amide bonds. The maximum absolute atomic E-state index is 13.9. The maximum atomic E-state index is 13.9. The summed E-state index contributed by atoms with van der Waals surface area (Å²) in [6.45, 7) is 0.473. The predicted molar refractivity (Wildman–Crippen MR) is 149 cm³/mol. The van der Waals surface area contributed by atoms with Crippen molar-refractivity contribution in [2.24, 2.45) is 24.8 Å². The minimum atomic E-state index is -0.993. The first kappa shape index (κ1) is 24.2. The van der Waals surface area contributed by atoms with Crippen LogP contribution in [0.5, 0.6) is 0 Å². The van der Waals surface area contributed by atoms with Gasteiger partial charge < -0.3 is 10.0 Å². The van der Waals surface area contributed by atoms with E-state index in [1.165, 1.54) is 12.8 Å². The van der Waals surface area contributed by atoms with Gasteiger partial charge in [-0.25, -0.2) is 4.79 Å². The molecule has 192 valence electrons. The molecule has 2 bridgehead atoms. The summed E-state index contributed by atoms with van der Waals surface area (Å²) in [5.74, 6) is 0.417. The minimum Gasteiger partial charge on any atom is -0.478 e. The number of aromatic nitrogens is 2. The van der Waals surface area contributed by atoms with Crippen molar-refractivity contribution in [1.82, 2.24) is 9.78 Å². The van der Waals surface area contributed by atoms with Crippen LogP contribution in [0.4, 0.5) is 5.69 Å². The van der Waals surface area contributed by atoms with Crippen molar-refractivity contribution in [2.75, 3.05) is 4.90 Å². The molecule has 2 aliphatic carbocycles. The van der Waals surface area contributed by atoms with E-state index in [9.17, 15) is 9.59 Å². The number of carboxylic acid groups (broad SMARTS) is 1. The molecule has 0 spiro atoms. The van der Waals surface area contributed by atoms with Crippen molar-refractivity contribution >= 4 is 34.5 Å². The molecule has 6 rings (SSSR count). The van der Waals surface area contributed by atoms with Crippen LogP contribution in [0.3, 0.4) is 0 Å². The number of hydrogen-bond donors (Lipinski definition) is 1.